The maximum Gasteiger partial charge on any atom is 0.119 e. The van der Waals surface area contributed by atoms with Crippen molar-refractivity contribution < 1.29 is 28.4 Å². The van der Waals surface area contributed by atoms with Crippen molar-refractivity contribution in [1.82, 2.24) is 0 Å². The molecule has 0 aliphatic heterocycles. The number of rotatable bonds is 18. The van der Waals surface area contributed by atoms with Gasteiger partial charge in [0.1, 0.15) is 28.7 Å². The highest BCUT2D eigenvalue weighted by Gasteiger charge is 2.22. The van der Waals surface area contributed by atoms with Gasteiger partial charge in [0.25, 0.3) is 0 Å². The molecular weight excluding hydrogens is 931 g/mol. The van der Waals surface area contributed by atoms with E-state index in [-0.39, 0.29) is 5.92 Å². The summed E-state index contributed by atoms with van der Waals surface area (Å²) in [5, 5.41) is 0. The topological polar surface area (TPSA) is 65.1 Å². The number of nitrogens with zero attached hydrogens (tertiary/aromatic N) is 3. The van der Waals surface area contributed by atoms with Crippen LogP contribution in [0.3, 0.4) is 0 Å². The van der Waals surface area contributed by atoms with Crippen LogP contribution in [0.5, 0.6) is 28.7 Å². The van der Waals surface area contributed by atoms with Crippen LogP contribution in [0.2, 0.25) is 0 Å². The van der Waals surface area contributed by atoms with Crippen LogP contribution in [-0.4, -0.2) is 42.7 Å². The molecular formula is C66H61N3O6. The van der Waals surface area contributed by atoms with Crippen molar-refractivity contribution in [2.24, 2.45) is 0 Å². The van der Waals surface area contributed by atoms with Crippen LogP contribution in [0.4, 0.5) is 39.8 Å². The van der Waals surface area contributed by atoms with Crippen molar-refractivity contribution in [1.29, 1.82) is 0 Å². The van der Waals surface area contributed by atoms with Gasteiger partial charge < -0.3 is 43.1 Å². The molecule has 0 fully saturated rings. The summed E-state index contributed by atoms with van der Waals surface area (Å²) in [6, 6.07) is 65.8. The molecule has 0 aromatic heterocycles. The zero-order valence-electron chi connectivity index (χ0n) is 43.3. The monoisotopic (exact) mass is 991 g/mol. The Kier molecular flexibility index (Phi) is 15.0. The largest absolute Gasteiger partial charge is 0.501 e. The van der Waals surface area contributed by atoms with Gasteiger partial charge >= 0.3 is 0 Å². The Hall–Kier alpha value is -9.08. The maximum absolute atomic E-state index is 5.61. The smallest absolute Gasteiger partial charge is 0.119 e. The van der Waals surface area contributed by atoms with E-state index in [9.17, 15) is 0 Å². The molecule has 8 aromatic carbocycles. The molecule has 0 heterocycles. The SMILES string of the molecule is COC1=CC=C(N(c2ccc(OC)cc2)c2ccc(-c3cc(-c4ccc(N(c5ccc(OC)cc5)c5ccc(OC)cc5)cc4)cc(C4C=CC(N(c5ccc(OC)cc5)c5ccc(OC)cc5)=CC4)c3)cc2)CC1. The van der Waals surface area contributed by atoms with Crippen LogP contribution in [0.1, 0.15) is 30.7 Å². The van der Waals surface area contributed by atoms with Gasteiger partial charge in [-0.2, -0.15) is 0 Å². The molecule has 2 aliphatic rings. The van der Waals surface area contributed by atoms with E-state index in [2.05, 4.69) is 172 Å². The minimum atomic E-state index is 0.120. The average molecular weight is 992 g/mol. The summed E-state index contributed by atoms with van der Waals surface area (Å²) < 4.78 is 33.3. The van der Waals surface area contributed by atoms with E-state index in [4.69, 9.17) is 28.4 Å². The normalized spacial score (nSPS) is 13.9. The fraction of sp³-hybridized carbons (Fsp3) is 0.152. The molecule has 75 heavy (non-hydrogen) atoms. The Labute approximate surface area is 441 Å². The molecule has 0 N–H and O–H groups in total. The van der Waals surface area contributed by atoms with E-state index >= 15 is 0 Å². The lowest BCUT2D eigenvalue weighted by Crippen LogP contribution is -2.18. The first-order valence-corrected chi connectivity index (χ1v) is 25.1. The van der Waals surface area contributed by atoms with E-state index in [1.165, 1.54) is 11.3 Å². The highest BCUT2D eigenvalue weighted by Crippen LogP contribution is 2.42. The van der Waals surface area contributed by atoms with Crippen LogP contribution in [0.15, 0.2) is 236 Å². The van der Waals surface area contributed by atoms with Gasteiger partial charge in [-0.05, 0) is 211 Å². The van der Waals surface area contributed by atoms with Crippen LogP contribution in [0.25, 0.3) is 22.3 Å². The summed E-state index contributed by atoms with van der Waals surface area (Å²) in [4.78, 5) is 6.85. The van der Waals surface area contributed by atoms with Gasteiger partial charge in [0.2, 0.25) is 0 Å². The van der Waals surface area contributed by atoms with Gasteiger partial charge in [0.15, 0.2) is 0 Å². The summed E-state index contributed by atoms with van der Waals surface area (Å²) >= 11 is 0. The molecule has 376 valence electrons. The molecule has 0 saturated heterocycles. The highest BCUT2D eigenvalue weighted by molar-refractivity contribution is 5.82. The average Bonchev–Trinajstić information content (AvgIpc) is 3.49. The summed E-state index contributed by atoms with van der Waals surface area (Å²) in [5.74, 6) is 5.13. The van der Waals surface area contributed by atoms with Crippen molar-refractivity contribution in [3.63, 3.8) is 0 Å². The second kappa shape index (κ2) is 22.8. The van der Waals surface area contributed by atoms with Crippen LogP contribution in [-0.2, 0) is 4.74 Å². The first-order chi connectivity index (χ1) is 36.8. The first-order valence-electron chi connectivity index (χ1n) is 25.1. The van der Waals surface area contributed by atoms with Gasteiger partial charge in [-0.25, -0.2) is 0 Å². The minimum absolute atomic E-state index is 0.120. The van der Waals surface area contributed by atoms with E-state index < -0.39 is 0 Å². The Bertz CT molecular complexity index is 3230. The third kappa shape index (κ3) is 11.0. The molecule has 1 atom stereocenters. The van der Waals surface area contributed by atoms with Crippen molar-refractivity contribution >= 4 is 39.8 Å². The number of hydrogen-bond acceptors (Lipinski definition) is 9. The Balaban J connectivity index is 1.03. The van der Waals surface area contributed by atoms with E-state index in [1.54, 1.807) is 42.7 Å². The molecule has 10 rings (SSSR count). The standard InChI is InChI=1S/C66H61N3O6/c1-70-61-31-19-55(20-32-61)67(56-21-33-62(71-2)34-22-56)52-13-7-46(8-14-52)49-43-50(47-9-15-53(16-10-47)68(57-23-35-63(72-3)36-24-57)58-25-37-64(73-4)38-26-58)45-51(44-49)48-11-17-54(18-12-48)69(59-27-39-65(74-5)40-28-59)60-29-41-66(75-6)42-30-60/h7-11,13-25,27-37,39-45,48H,12,26,38H2,1-6H3. The van der Waals surface area contributed by atoms with Gasteiger partial charge in [-0.3, -0.25) is 0 Å². The zero-order chi connectivity index (χ0) is 51.7. The molecule has 0 amide bonds. The lowest BCUT2D eigenvalue weighted by atomic mass is 9.86. The molecule has 2 aliphatic carbocycles. The predicted octanol–water partition coefficient (Wildman–Crippen LogP) is 16.6. The number of ether oxygens (including phenoxy) is 6. The van der Waals surface area contributed by atoms with Gasteiger partial charge in [0, 0.05) is 63.5 Å². The number of anilines is 7. The summed E-state index contributed by atoms with van der Waals surface area (Å²) in [6.07, 6.45) is 13.7. The molecule has 9 nitrogen and oxygen atoms in total. The molecule has 8 aromatic rings. The van der Waals surface area contributed by atoms with Gasteiger partial charge in [-0.15, -0.1) is 0 Å². The predicted molar refractivity (Wildman–Crippen MR) is 305 cm³/mol. The molecule has 0 radical (unpaired) electrons. The van der Waals surface area contributed by atoms with E-state index in [1.807, 2.05) is 60.7 Å². The highest BCUT2D eigenvalue weighted by atomic mass is 16.5. The fourth-order valence-electron chi connectivity index (χ4n) is 9.82. The molecule has 0 bridgehead atoms. The molecule has 1 unspecified atom stereocenters. The van der Waals surface area contributed by atoms with Crippen molar-refractivity contribution in [2.45, 2.75) is 25.2 Å². The summed E-state index contributed by atoms with van der Waals surface area (Å²) in [7, 11) is 10.2. The number of hydrogen-bond donors (Lipinski definition) is 0. The third-order valence-electron chi connectivity index (χ3n) is 13.9. The van der Waals surface area contributed by atoms with Crippen LogP contribution in [0, 0.1) is 0 Å². The summed E-state index contributed by atoms with van der Waals surface area (Å²) in [6.45, 7) is 0. The van der Waals surface area contributed by atoms with Gasteiger partial charge in [-0.1, -0.05) is 48.6 Å². The van der Waals surface area contributed by atoms with Crippen molar-refractivity contribution in [3.8, 4) is 51.0 Å². The Morgan fingerprint density at radius 2 is 0.707 bits per heavy atom. The Morgan fingerprint density at radius 3 is 1.03 bits per heavy atom. The first kappa shape index (κ1) is 49.5. The lowest BCUT2D eigenvalue weighted by molar-refractivity contribution is 0.275. The number of allylic oxidation sites excluding steroid dienone is 7. The third-order valence-corrected chi connectivity index (χ3v) is 13.9. The van der Waals surface area contributed by atoms with Crippen LogP contribution >= 0.6 is 0 Å². The lowest BCUT2D eigenvalue weighted by Gasteiger charge is -2.30. The number of methoxy groups -OCH3 is 6. The Morgan fingerprint density at radius 1 is 0.347 bits per heavy atom. The molecule has 0 spiro atoms. The second-order valence-corrected chi connectivity index (χ2v) is 18.3. The maximum atomic E-state index is 5.61. The number of benzene rings is 8. The minimum Gasteiger partial charge on any atom is -0.501 e. The van der Waals surface area contributed by atoms with Crippen molar-refractivity contribution in [3.05, 3.63) is 241 Å². The fourth-order valence-corrected chi connectivity index (χ4v) is 9.82. The van der Waals surface area contributed by atoms with E-state index in [0.29, 0.717) is 0 Å². The molecule has 0 saturated carbocycles. The van der Waals surface area contributed by atoms with Crippen molar-refractivity contribution in [2.75, 3.05) is 57.4 Å². The second-order valence-electron chi connectivity index (χ2n) is 18.3. The van der Waals surface area contributed by atoms with E-state index in [0.717, 1.165) is 122 Å². The van der Waals surface area contributed by atoms with Gasteiger partial charge in [0.05, 0.1) is 48.4 Å². The molecule has 9 heteroatoms. The zero-order valence-corrected chi connectivity index (χ0v) is 43.3. The quantitative estimate of drug-likeness (QED) is 0.0836. The summed E-state index contributed by atoms with van der Waals surface area (Å²) in [5.41, 5.74) is 15.3. The van der Waals surface area contributed by atoms with Crippen LogP contribution < -0.4 is 38.4 Å².